The van der Waals surface area contributed by atoms with E-state index < -0.39 is 0 Å². The van der Waals surface area contributed by atoms with Gasteiger partial charge in [0, 0.05) is 0 Å². The predicted octanol–water partition coefficient (Wildman–Crippen LogP) is 4.11. The maximum atomic E-state index is 8.25. The normalized spacial score (nSPS) is 10.8. The summed E-state index contributed by atoms with van der Waals surface area (Å²) in [7, 11) is 0. The molecule has 128 valence electrons. The molecule has 0 atom stereocenters. The van der Waals surface area contributed by atoms with Crippen molar-refractivity contribution in [1.29, 1.82) is 0 Å². The standard InChI is InChI=1S/C16H21Cl2NO4/c1-3-13-11-14(22-6-4-15(17)18)10-12(2)16(13)23-9-8-21-7-5-19-20/h4-5,10-11,20H,3,6-9H2,1-2H3/b19-5-. The zero-order valence-corrected chi connectivity index (χ0v) is 14.7. The Balaban J connectivity index is 2.63. The molecule has 23 heavy (non-hydrogen) atoms. The molecule has 0 aliphatic carbocycles. The summed E-state index contributed by atoms with van der Waals surface area (Å²) in [5.74, 6) is 1.58. The van der Waals surface area contributed by atoms with Crippen molar-refractivity contribution in [3.05, 3.63) is 33.8 Å². The van der Waals surface area contributed by atoms with Crippen LogP contribution in [0.1, 0.15) is 18.1 Å². The van der Waals surface area contributed by atoms with E-state index in [1.807, 2.05) is 19.1 Å². The molecule has 0 saturated heterocycles. The number of benzene rings is 1. The van der Waals surface area contributed by atoms with Crippen LogP contribution in [0.15, 0.2) is 27.9 Å². The fraction of sp³-hybridized carbons (Fsp3) is 0.438. The lowest BCUT2D eigenvalue weighted by Crippen LogP contribution is -2.10. The number of hydrogen-bond donors (Lipinski definition) is 1. The zero-order chi connectivity index (χ0) is 17.1. The van der Waals surface area contributed by atoms with Gasteiger partial charge in [0.25, 0.3) is 0 Å². The first-order chi connectivity index (χ1) is 11.1. The second-order valence-electron chi connectivity index (χ2n) is 4.61. The van der Waals surface area contributed by atoms with Gasteiger partial charge in [0.2, 0.25) is 0 Å². The highest BCUT2D eigenvalue weighted by Gasteiger charge is 2.09. The Bertz CT molecular complexity index is 543. The molecule has 1 rings (SSSR count). The van der Waals surface area contributed by atoms with Crippen molar-refractivity contribution >= 4 is 29.4 Å². The molecule has 0 radical (unpaired) electrons. The molecule has 1 N–H and O–H groups in total. The average Bonchev–Trinajstić information content (AvgIpc) is 2.51. The van der Waals surface area contributed by atoms with Crippen molar-refractivity contribution in [3.63, 3.8) is 0 Å². The van der Waals surface area contributed by atoms with Crippen LogP contribution in [0.5, 0.6) is 11.5 Å². The van der Waals surface area contributed by atoms with Gasteiger partial charge in [-0.3, -0.25) is 0 Å². The summed E-state index contributed by atoms with van der Waals surface area (Å²) in [6.45, 7) is 5.40. The van der Waals surface area contributed by atoms with Gasteiger partial charge >= 0.3 is 0 Å². The fourth-order valence-corrected chi connectivity index (χ4v) is 2.06. The van der Waals surface area contributed by atoms with Crippen molar-refractivity contribution in [2.75, 3.05) is 26.4 Å². The van der Waals surface area contributed by atoms with Gasteiger partial charge in [-0.25, -0.2) is 0 Å². The first-order valence-electron chi connectivity index (χ1n) is 7.22. The summed E-state index contributed by atoms with van der Waals surface area (Å²) in [5.41, 5.74) is 2.04. The summed E-state index contributed by atoms with van der Waals surface area (Å²) in [4.78, 5) is 0. The first kappa shape index (κ1) is 19.6. The molecule has 0 amide bonds. The van der Waals surface area contributed by atoms with Crippen molar-refractivity contribution in [3.8, 4) is 11.5 Å². The van der Waals surface area contributed by atoms with Gasteiger partial charge in [0.15, 0.2) is 0 Å². The van der Waals surface area contributed by atoms with Crippen LogP contribution >= 0.6 is 23.2 Å². The zero-order valence-electron chi connectivity index (χ0n) is 13.2. The van der Waals surface area contributed by atoms with E-state index in [9.17, 15) is 0 Å². The topological polar surface area (TPSA) is 60.3 Å². The Morgan fingerprint density at radius 3 is 2.65 bits per heavy atom. The van der Waals surface area contributed by atoms with E-state index in [1.54, 1.807) is 6.08 Å². The molecule has 0 unspecified atom stereocenters. The van der Waals surface area contributed by atoms with Crippen molar-refractivity contribution in [2.45, 2.75) is 20.3 Å². The molecular weight excluding hydrogens is 341 g/mol. The number of oxime groups is 1. The van der Waals surface area contributed by atoms with E-state index in [1.165, 1.54) is 6.21 Å². The van der Waals surface area contributed by atoms with Crippen LogP contribution in [0.25, 0.3) is 0 Å². The maximum Gasteiger partial charge on any atom is 0.125 e. The second-order valence-corrected chi connectivity index (χ2v) is 5.62. The van der Waals surface area contributed by atoms with Crippen LogP contribution in [0, 0.1) is 6.92 Å². The third-order valence-electron chi connectivity index (χ3n) is 2.94. The number of hydrogen-bond acceptors (Lipinski definition) is 5. The van der Waals surface area contributed by atoms with Gasteiger partial charge < -0.3 is 19.4 Å². The third kappa shape index (κ3) is 7.59. The molecular formula is C16H21Cl2NO4. The first-order valence-corrected chi connectivity index (χ1v) is 7.98. The Morgan fingerprint density at radius 1 is 1.22 bits per heavy atom. The largest absolute Gasteiger partial charge is 0.491 e. The van der Waals surface area contributed by atoms with Gasteiger partial charge in [-0.05, 0) is 42.7 Å². The van der Waals surface area contributed by atoms with Gasteiger partial charge in [0.05, 0.1) is 19.4 Å². The smallest absolute Gasteiger partial charge is 0.125 e. The van der Waals surface area contributed by atoms with Gasteiger partial charge in [-0.15, -0.1) is 0 Å². The molecule has 0 aliphatic heterocycles. The Labute approximate surface area is 146 Å². The van der Waals surface area contributed by atoms with Crippen LogP contribution in [0.2, 0.25) is 0 Å². The Morgan fingerprint density at radius 2 is 2.00 bits per heavy atom. The third-order valence-corrected chi connectivity index (χ3v) is 3.25. The minimum Gasteiger partial charge on any atom is -0.491 e. The van der Waals surface area contributed by atoms with Gasteiger partial charge in [-0.2, -0.15) is 0 Å². The number of halogens is 2. The quantitative estimate of drug-likeness (QED) is 0.295. The van der Waals surface area contributed by atoms with Crippen molar-refractivity contribution in [2.24, 2.45) is 5.16 Å². The maximum absolute atomic E-state index is 8.25. The molecule has 0 aliphatic rings. The number of ether oxygens (including phenoxy) is 3. The molecule has 7 heteroatoms. The lowest BCUT2D eigenvalue weighted by Gasteiger charge is -2.15. The average molecular weight is 362 g/mol. The summed E-state index contributed by atoms with van der Waals surface area (Å²) in [6.07, 6.45) is 3.68. The molecule has 0 aromatic heterocycles. The second kappa shape index (κ2) is 11.2. The van der Waals surface area contributed by atoms with E-state index in [-0.39, 0.29) is 11.1 Å². The SMILES string of the molecule is CCc1cc(OCC=C(Cl)Cl)cc(C)c1OCCOC/C=N\O. The van der Waals surface area contributed by atoms with E-state index in [4.69, 9.17) is 42.6 Å². The minimum absolute atomic E-state index is 0.184. The molecule has 5 nitrogen and oxygen atoms in total. The molecule has 0 spiro atoms. The highest BCUT2D eigenvalue weighted by Crippen LogP contribution is 2.29. The number of nitrogens with zero attached hydrogens (tertiary/aromatic N) is 1. The summed E-state index contributed by atoms with van der Waals surface area (Å²) >= 11 is 11.1. The molecule has 1 aromatic carbocycles. The molecule has 0 saturated carbocycles. The van der Waals surface area contributed by atoms with Crippen LogP contribution in [-0.2, 0) is 11.2 Å². The highest BCUT2D eigenvalue weighted by atomic mass is 35.5. The fourth-order valence-electron chi connectivity index (χ4n) is 1.94. The highest BCUT2D eigenvalue weighted by molar-refractivity contribution is 6.55. The summed E-state index contributed by atoms with van der Waals surface area (Å²) in [6, 6.07) is 3.85. The lowest BCUT2D eigenvalue weighted by molar-refractivity contribution is 0.127. The van der Waals surface area contributed by atoms with Crippen LogP contribution < -0.4 is 9.47 Å². The lowest BCUT2D eigenvalue weighted by atomic mass is 10.1. The Kier molecular flexibility index (Phi) is 9.52. The number of aryl methyl sites for hydroxylation is 2. The van der Waals surface area contributed by atoms with Crippen LogP contribution in [-0.4, -0.2) is 37.8 Å². The molecule has 0 bridgehead atoms. The van der Waals surface area contributed by atoms with E-state index in [2.05, 4.69) is 12.1 Å². The van der Waals surface area contributed by atoms with Gasteiger partial charge in [0.1, 0.15) is 29.2 Å². The monoisotopic (exact) mass is 361 g/mol. The van der Waals surface area contributed by atoms with Gasteiger partial charge in [-0.1, -0.05) is 35.3 Å². The van der Waals surface area contributed by atoms with E-state index in [0.29, 0.717) is 19.8 Å². The van der Waals surface area contributed by atoms with E-state index >= 15 is 0 Å². The summed E-state index contributed by atoms with van der Waals surface area (Å²) in [5, 5.41) is 11.1. The predicted molar refractivity (Wildman–Crippen MR) is 92.4 cm³/mol. The summed E-state index contributed by atoms with van der Waals surface area (Å²) < 4.78 is 16.8. The van der Waals surface area contributed by atoms with E-state index in [0.717, 1.165) is 29.0 Å². The van der Waals surface area contributed by atoms with Crippen LogP contribution in [0.4, 0.5) is 0 Å². The van der Waals surface area contributed by atoms with Crippen molar-refractivity contribution in [1.82, 2.24) is 0 Å². The molecule has 1 aromatic rings. The van der Waals surface area contributed by atoms with Crippen molar-refractivity contribution < 1.29 is 19.4 Å². The number of rotatable bonds is 10. The molecule has 0 fully saturated rings. The minimum atomic E-state index is 0.184. The van der Waals surface area contributed by atoms with Crippen LogP contribution in [0.3, 0.4) is 0 Å². The Hall–Kier alpha value is -1.43. The molecule has 0 heterocycles.